The van der Waals surface area contributed by atoms with Gasteiger partial charge in [-0.1, -0.05) is 19.1 Å². The summed E-state index contributed by atoms with van der Waals surface area (Å²) in [7, 11) is 1.61. The first-order chi connectivity index (χ1) is 12.5. The predicted molar refractivity (Wildman–Crippen MR) is 97.1 cm³/mol. The number of aromatic nitrogens is 1. The monoisotopic (exact) mass is 354 g/mol. The number of carboxylic acids is 1. The molecule has 1 N–H and O–H groups in total. The molecule has 0 aliphatic carbocycles. The fraction of sp³-hybridized carbons (Fsp3) is 0.350. The Kier molecular flexibility index (Phi) is 5.21. The molecule has 0 bridgehead atoms. The number of carboxylic acid groups (broad SMARTS) is 1. The van der Waals surface area contributed by atoms with Gasteiger partial charge in [0.05, 0.1) is 12.7 Å². The van der Waals surface area contributed by atoms with Gasteiger partial charge in [-0.15, -0.1) is 0 Å². The van der Waals surface area contributed by atoms with E-state index in [1.807, 2.05) is 31.2 Å². The van der Waals surface area contributed by atoms with Gasteiger partial charge in [0.1, 0.15) is 11.8 Å². The SMILES string of the molecule is COc1ccc(-c2cncc(C(=O)N3CCC(C)CC3C(=O)O)c2)cc1. The van der Waals surface area contributed by atoms with E-state index < -0.39 is 12.0 Å². The van der Waals surface area contributed by atoms with Crippen LogP contribution in [0.2, 0.25) is 0 Å². The minimum Gasteiger partial charge on any atom is -0.497 e. The van der Waals surface area contributed by atoms with Gasteiger partial charge in [0, 0.05) is 24.5 Å². The highest BCUT2D eigenvalue weighted by Gasteiger charge is 2.35. The van der Waals surface area contributed by atoms with Crippen LogP contribution in [-0.4, -0.2) is 46.6 Å². The van der Waals surface area contributed by atoms with Crippen LogP contribution in [0.15, 0.2) is 42.7 Å². The lowest BCUT2D eigenvalue weighted by Gasteiger charge is -2.36. The molecule has 1 aromatic carbocycles. The van der Waals surface area contributed by atoms with E-state index in [0.717, 1.165) is 23.3 Å². The lowest BCUT2D eigenvalue weighted by Crippen LogP contribution is -2.49. The van der Waals surface area contributed by atoms with E-state index >= 15 is 0 Å². The number of hydrogen-bond acceptors (Lipinski definition) is 4. The highest BCUT2D eigenvalue weighted by Crippen LogP contribution is 2.26. The van der Waals surface area contributed by atoms with Gasteiger partial charge in [0.15, 0.2) is 0 Å². The summed E-state index contributed by atoms with van der Waals surface area (Å²) >= 11 is 0. The fourth-order valence-electron chi connectivity index (χ4n) is 3.28. The summed E-state index contributed by atoms with van der Waals surface area (Å²) in [5.41, 5.74) is 2.12. The van der Waals surface area contributed by atoms with Crippen LogP contribution in [0.5, 0.6) is 5.75 Å². The standard InChI is InChI=1S/C20H22N2O4/c1-13-7-8-22(18(9-13)20(24)25)19(23)16-10-15(11-21-12-16)14-3-5-17(26-2)6-4-14/h3-6,10-13,18H,7-9H2,1-2H3,(H,24,25). The summed E-state index contributed by atoms with van der Waals surface area (Å²) in [6.45, 7) is 2.47. The van der Waals surface area contributed by atoms with Gasteiger partial charge in [0.2, 0.25) is 0 Å². The smallest absolute Gasteiger partial charge is 0.326 e. The van der Waals surface area contributed by atoms with Gasteiger partial charge in [-0.2, -0.15) is 0 Å². The van der Waals surface area contributed by atoms with E-state index in [1.54, 1.807) is 19.4 Å². The van der Waals surface area contributed by atoms with Crippen molar-refractivity contribution < 1.29 is 19.4 Å². The van der Waals surface area contributed by atoms with Crippen molar-refractivity contribution in [3.63, 3.8) is 0 Å². The molecule has 0 spiro atoms. The molecule has 1 amide bonds. The molecule has 136 valence electrons. The number of methoxy groups -OCH3 is 1. The van der Waals surface area contributed by atoms with Crippen molar-refractivity contribution in [1.82, 2.24) is 9.88 Å². The summed E-state index contributed by atoms with van der Waals surface area (Å²) in [4.78, 5) is 30.1. The van der Waals surface area contributed by atoms with Gasteiger partial charge in [-0.05, 0) is 42.5 Å². The zero-order valence-corrected chi connectivity index (χ0v) is 14.9. The quantitative estimate of drug-likeness (QED) is 0.913. The number of amides is 1. The second-order valence-corrected chi connectivity index (χ2v) is 6.67. The van der Waals surface area contributed by atoms with E-state index in [0.29, 0.717) is 24.4 Å². The summed E-state index contributed by atoms with van der Waals surface area (Å²) in [5.74, 6) is -0.194. The van der Waals surface area contributed by atoms with Crippen LogP contribution in [0, 0.1) is 5.92 Å². The Balaban J connectivity index is 1.86. The lowest BCUT2D eigenvalue weighted by atomic mass is 9.92. The number of hydrogen-bond donors (Lipinski definition) is 1. The maximum atomic E-state index is 12.9. The Hall–Kier alpha value is -2.89. The maximum absolute atomic E-state index is 12.9. The molecule has 1 fully saturated rings. The molecule has 2 heterocycles. The third-order valence-electron chi connectivity index (χ3n) is 4.82. The second-order valence-electron chi connectivity index (χ2n) is 6.67. The van der Waals surface area contributed by atoms with Crippen LogP contribution in [0.3, 0.4) is 0 Å². The van der Waals surface area contributed by atoms with Crippen molar-refractivity contribution in [2.75, 3.05) is 13.7 Å². The Labute approximate surface area is 152 Å². The van der Waals surface area contributed by atoms with Gasteiger partial charge in [0.25, 0.3) is 5.91 Å². The van der Waals surface area contributed by atoms with Crippen LogP contribution >= 0.6 is 0 Å². The molecule has 26 heavy (non-hydrogen) atoms. The highest BCUT2D eigenvalue weighted by molar-refractivity contribution is 5.97. The molecular formula is C20H22N2O4. The third-order valence-corrected chi connectivity index (χ3v) is 4.82. The highest BCUT2D eigenvalue weighted by atomic mass is 16.5. The lowest BCUT2D eigenvalue weighted by molar-refractivity contribution is -0.144. The van der Waals surface area contributed by atoms with Crippen molar-refractivity contribution in [1.29, 1.82) is 0 Å². The van der Waals surface area contributed by atoms with Crippen LogP contribution in [0.1, 0.15) is 30.1 Å². The minimum atomic E-state index is -0.954. The van der Waals surface area contributed by atoms with E-state index in [2.05, 4.69) is 4.98 Å². The van der Waals surface area contributed by atoms with Gasteiger partial charge >= 0.3 is 5.97 Å². The molecule has 0 radical (unpaired) electrons. The van der Waals surface area contributed by atoms with Gasteiger partial charge in [-0.3, -0.25) is 9.78 Å². The normalized spacial score (nSPS) is 19.8. The summed E-state index contributed by atoms with van der Waals surface area (Å²) in [6.07, 6.45) is 4.46. The zero-order valence-electron chi connectivity index (χ0n) is 14.9. The average Bonchev–Trinajstić information content (AvgIpc) is 2.67. The first-order valence-electron chi connectivity index (χ1n) is 8.63. The van der Waals surface area contributed by atoms with Crippen LogP contribution < -0.4 is 4.74 Å². The van der Waals surface area contributed by atoms with Crippen LogP contribution in [-0.2, 0) is 4.79 Å². The molecule has 6 heteroatoms. The number of likely N-dealkylation sites (tertiary alicyclic amines) is 1. The molecule has 1 saturated heterocycles. The summed E-state index contributed by atoms with van der Waals surface area (Å²) in [5, 5.41) is 9.48. The number of pyridine rings is 1. The molecular weight excluding hydrogens is 332 g/mol. The van der Waals surface area contributed by atoms with Crippen LogP contribution in [0.25, 0.3) is 11.1 Å². The number of benzene rings is 1. The molecule has 1 aliphatic rings. The summed E-state index contributed by atoms with van der Waals surface area (Å²) < 4.78 is 5.16. The minimum absolute atomic E-state index is 0.285. The number of piperidine rings is 1. The van der Waals surface area contributed by atoms with Crippen molar-refractivity contribution in [3.8, 4) is 16.9 Å². The van der Waals surface area contributed by atoms with Crippen molar-refractivity contribution >= 4 is 11.9 Å². The molecule has 2 unspecified atom stereocenters. The largest absolute Gasteiger partial charge is 0.497 e. The second kappa shape index (κ2) is 7.56. The topological polar surface area (TPSA) is 79.7 Å². The molecule has 2 aromatic rings. The van der Waals surface area contributed by atoms with E-state index in [9.17, 15) is 14.7 Å². The van der Waals surface area contributed by atoms with Crippen molar-refractivity contribution in [2.24, 2.45) is 5.92 Å². The summed E-state index contributed by atoms with van der Waals surface area (Å²) in [6, 6.07) is 8.45. The molecule has 1 aromatic heterocycles. The zero-order chi connectivity index (χ0) is 18.7. The number of ether oxygens (including phenoxy) is 1. The first-order valence-corrected chi connectivity index (χ1v) is 8.63. The molecule has 3 rings (SSSR count). The van der Waals surface area contributed by atoms with E-state index in [4.69, 9.17) is 4.74 Å². The predicted octanol–water partition coefficient (Wildman–Crippen LogP) is 3.08. The van der Waals surface area contributed by atoms with Crippen molar-refractivity contribution in [3.05, 3.63) is 48.3 Å². The Bertz CT molecular complexity index is 804. The first kappa shape index (κ1) is 17.9. The van der Waals surface area contributed by atoms with Crippen LogP contribution in [0.4, 0.5) is 0 Å². The Morgan fingerprint density at radius 3 is 2.58 bits per heavy atom. The van der Waals surface area contributed by atoms with Gasteiger partial charge < -0.3 is 14.7 Å². The fourth-order valence-corrected chi connectivity index (χ4v) is 3.28. The maximum Gasteiger partial charge on any atom is 0.326 e. The molecule has 0 saturated carbocycles. The third kappa shape index (κ3) is 3.69. The molecule has 2 atom stereocenters. The number of rotatable bonds is 4. The number of carbonyl (C=O) groups is 2. The number of carbonyl (C=O) groups excluding carboxylic acids is 1. The van der Waals surface area contributed by atoms with E-state index in [-0.39, 0.29) is 5.91 Å². The van der Waals surface area contributed by atoms with Gasteiger partial charge in [-0.25, -0.2) is 4.79 Å². The number of aliphatic carboxylic acids is 1. The Morgan fingerprint density at radius 2 is 1.92 bits per heavy atom. The van der Waals surface area contributed by atoms with E-state index in [1.165, 1.54) is 11.1 Å². The Morgan fingerprint density at radius 1 is 1.19 bits per heavy atom. The average molecular weight is 354 g/mol. The number of nitrogens with zero attached hydrogens (tertiary/aromatic N) is 2. The van der Waals surface area contributed by atoms with Crippen molar-refractivity contribution in [2.45, 2.75) is 25.8 Å². The molecule has 6 nitrogen and oxygen atoms in total. The molecule has 1 aliphatic heterocycles.